The molecule has 4 nitrogen and oxygen atoms in total. The fourth-order valence-electron chi connectivity index (χ4n) is 1.49. The van der Waals surface area contributed by atoms with Crippen molar-refractivity contribution in [1.29, 1.82) is 0 Å². The topological polar surface area (TPSA) is 50.7 Å². The highest BCUT2D eigenvalue weighted by molar-refractivity contribution is 5.36. The first-order valence-corrected chi connectivity index (χ1v) is 5.55. The Balaban J connectivity index is 2.08. The van der Waals surface area contributed by atoms with E-state index < -0.39 is 11.9 Å². The van der Waals surface area contributed by atoms with Gasteiger partial charge in [-0.25, -0.2) is 0 Å². The van der Waals surface area contributed by atoms with Crippen LogP contribution in [0.5, 0.6) is 0 Å². The lowest BCUT2D eigenvalue weighted by Crippen LogP contribution is -2.13. The Labute approximate surface area is 107 Å². The van der Waals surface area contributed by atoms with E-state index in [0.717, 1.165) is 11.8 Å². The predicted molar refractivity (Wildman–Crippen MR) is 63.3 cm³/mol. The van der Waals surface area contributed by atoms with Gasteiger partial charge in [0, 0.05) is 6.20 Å². The second-order valence-corrected chi connectivity index (χ2v) is 3.92. The summed E-state index contributed by atoms with van der Waals surface area (Å²) >= 11 is 0. The maximum Gasteiger partial charge on any atom is 0.435 e. The third kappa shape index (κ3) is 3.40. The number of nitrogens with zero attached hydrogens (tertiary/aromatic N) is 3. The lowest BCUT2D eigenvalue weighted by Gasteiger charge is -2.13. The normalized spacial score (nSPS) is 13.1. The minimum absolute atomic E-state index is 0.174. The molecular formula is C12H11F3N4. The van der Waals surface area contributed by atoms with Crippen LogP contribution in [0.4, 0.5) is 19.0 Å². The Morgan fingerprint density at radius 1 is 1.11 bits per heavy atom. The molecule has 0 bridgehead atoms. The zero-order valence-electron chi connectivity index (χ0n) is 10.0. The van der Waals surface area contributed by atoms with Crippen molar-refractivity contribution in [2.75, 3.05) is 5.32 Å². The highest BCUT2D eigenvalue weighted by Crippen LogP contribution is 2.27. The van der Waals surface area contributed by atoms with Crippen molar-refractivity contribution in [3.8, 4) is 0 Å². The molecule has 2 rings (SSSR count). The summed E-state index contributed by atoms with van der Waals surface area (Å²) in [4.78, 5) is 4.14. The van der Waals surface area contributed by atoms with Gasteiger partial charge in [0.05, 0.1) is 11.7 Å². The minimum Gasteiger partial charge on any atom is -0.360 e. The van der Waals surface area contributed by atoms with Crippen LogP contribution in [0.25, 0.3) is 0 Å². The van der Waals surface area contributed by atoms with Crippen LogP contribution in [0.15, 0.2) is 36.5 Å². The number of hydrogen-bond donors (Lipinski definition) is 1. The van der Waals surface area contributed by atoms with E-state index in [-0.39, 0.29) is 11.9 Å². The molecule has 2 aromatic rings. The molecule has 0 fully saturated rings. The maximum atomic E-state index is 12.3. The van der Waals surface area contributed by atoms with Gasteiger partial charge < -0.3 is 5.32 Å². The molecular weight excluding hydrogens is 257 g/mol. The molecule has 1 unspecified atom stereocenters. The monoisotopic (exact) mass is 268 g/mol. The van der Waals surface area contributed by atoms with E-state index in [2.05, 4.69) is 20.5 Å². The Morgan fingerprint density at radius 3 is 2.42 bits per heavy atom. The van der Waals surface area contributed by atoms with Crippen molar-refractivity contribution < 1.29 is 13.2 Å². The molecule has 0 amide bonds. The number of rotatable bonds is 3. The summed E-state index contributed by atoms with van der Waals surface area (Å²) in [5, 5.41) is 9.57. The summed E-state index contributed by atoms with van der Waals surface area (Å²) in [6, 6.07) is 7.39. The second-order valence-electron chi connectivity index (χ2n) is 3.92. The van der Waals surface area contributed by atoms with Gasteiger partial charge >= 0.3 is 6.18 Å². The van der Waals surface area contributed by atoms with Gasteiger partial charge in [-0.15, -0.1) is 10.2 Å². The quantitative estimate of drug-likeness (QED) is 0.929. The summed E-state index contributed by atoms with van der Waals surface area (Å²) in [5.41, 5.74) is -0.243. The van der Waals surface area contributed by atoms with Gasteiger partial charge in [0.15, 0.2) is 5.69 Å². The van der Waals surface area contributed by atoms with Gasteiger partial charge in [0.2, 0.25) is 0 Å². The summed E-state index contributed by atoms with van der Waals surface area (Å²) < 4.78 is 36.9. The van der Waals surface area contributed by atoms with E-state index in [0.29, 0.717) is 0 Å². The zero-order valence-corrected chi connectivity index (χ0v) is 10.0. The molecule has 0 saturated carbocycles. The van der Waals surface area contributed by atoms with Crippen molar-refractivity contribution in [2.45, 2.75) is 19.1 Å². The summed E-state index contributed by atoms with van der Waals surface area (Å²) in [5.74, 6) is 0.270. The number of nitrogens with one attached hydrogen (secondary N) is 1. The Kier molecular flexibility index (Phi) is 3.64. The van der Waals surface area contributed by atoms with Crippen LogP contribution >= 0.6 is 0 Å². The fourth-order valence-corrected chi connectivity index (χ4v) is 1.49. The molecule has 0 aromatic carbocycles. The summed E-state index contributed by atoms with van der Waals surface area (Å²) in [7, 11) is 0. The smallest absolute Gasteiger partial charge is 0.360 e. The Bertz CT molecular complexity index is 525. The van der Waals surface area contributed by atoms with Crippen LogP contribution < -0.4 is 5.32 Å². The number of aromatic nitrogens is 3. The number of halogens is 3. The van der Waals surface area contributed by atoms with Gasteiger partial charge in [0.1, 0.15) is 5.82 Å². The van der Waals surface area contributed by atoms with E-state index in [1.807, 2.05) is 19.1 Å². The molecule has 7 heteroatoms. The summed E-state index contributed by atoms with van der Waals surface area (Å²) in [6.45, 7) is 1.84. The Hall–Kier alpha value is -2.18. The van der Waals surface area contributed by atoms with Crippen LogP contribution in [0.3, 0.4) is 0 Å². The molecule has 19 heavy (non-hydrogen) atoms. The highest BCUT2D eigenvalue weighted by Gasteiger charge is 2.32. The van der Waals surface area contributed by atoms with Crippen LogP contribution in [0, 0.1) is 0 Å². The average molecular weight is 268 g/mol. The number of hydrogen-bond acceptors (Lipinski definition) is 4. The van der Waals surface area contributed by atoms with Crippen LogP contribution in [-0.2, 0) is 6.18 Å². The van der Waals surface area contributed by atoms with Gasteiger partial charge in [-0.3, -0.25) is 4.98 Å². The minimum atomic E-state index is -4.47. The summed E-state index contributed by atoms with van der Waals surface area (Å²) in [6.07, 6.45) is -2.83. The van der Waals surface area contributed by atoms with Crippen LogP contribution in [-0.4, -0.2) is 15.2 Å². The number of pyridine rings is 1. The fraction of sp³-hybridized carbons (Fsp3) is 0.250. The first-order valence-electron chi connectivity index (χ1n) is 5.55. The maximum absolute atomic E-state index is 12.3. The Morgan fingerprint density at radius 2 is 1.89 bits per heavy atom. The molecule has 0 radical (unpaired) electrons. The van der Waals surface area contributed by atoms with Crippen molar-refractivity contribution in [3.05, 3.63) is 47.9 Å². The van der Waals surface area contributed by atoms with E-state index in [1.165, 1.54) is 6.07 Å². The lowest BCUT2D eigenvalue weighted by atomic mass is 10.2. The third-order valence-electron chi connectivity index (χ3n) is 2.45. The molecule has 0 spiro atoms. The molecule has 0 saturated heterocycles. The highest BCUT2D eigenvalue weighted by atomic mass is 19.4. The van der Waals surface area contributed by atoms with E-state index in [1.54, 1.807) is 12.3 Å². The van der Waals surface area contributed by atoms with Gasteiger partial charge in [-0.2, -0.15) is 13.2 Å². The van der Waals surface area contributed by atoms with Crippen molar-refractivity contribution in [1.82, 2.24) is 15.2 Å². The van der Waals surface area contributed by atoms with Crippen molar-refractivity contribution in [3.63, 3.8) is 0 Å². The first kappa shape index (κ1) is 13.3. The van der Waals surface area contributed by atoms with Crippen molar-refractivity contribution in [2.24, 2.45) is 0 Å². The standard InChI is InChI=1S/C12H11F3N4/c1-8(9-4-2-3-7-16-9)17-11-6-5-10(18-19-11)12(13,14)15/h2-8H,1H3,(H,17,19). The van der Waals surface area contributed by atoms with E-state index >= 15 is 0 Å². The molecule has 2 heterocycles. The number of anilines is 1. The van der Waals surface area contributed by atoms with E-state index in [9.17, 15) is 13.2 Å². The molecule has 1 N–H and O–H groups in total. The van der Waals surface area contributed by atoms with Gasteiger partial charge in [0.25, 0.3) is 0 Å². The zero-order chi connectivity index (χ0) is 13.9. The van der Waals surface area contributed by atoms with Crippen LogP contribution in [0.1, 0.15) is 24.4 Å². The average Bonchev–Trinajstić information content (AvgIpc) is 2.39. The van der Waals surface area contributed by atoms with Crippen LogP contribution in [0.2, 0.25) is 0 Å². The molecule has 0 aliphatic carbocycles. The molecule has 1 atom stereocenters. The molecule has 2 aromatic heterocycles. The van der Waals surface area contributed by atoms with Crippen molar-refractivity contribution >= 4 is 5.82 Å². The first-order chi connectivity index (χ1) is 8.97. The van der Waals surface area contributed by atoms with E-state index in [4.69, 9.17) is 0 Å². The SMILES string of the molecule is CC(Nc1ccc(C(F)(F)F)nn1)c1ccccn1. The van der Waals surface area contributed by atoms with Gasteiger partial charge in [-0.05, 0) is 31.2 Å². The number of alkyl halides is 3. The largest absolute Gasteiger partial charge is 0.435 e. The van der Waals surface area contributed by atoms with Gasteiger partial charge in [-0.1, -0.05) is 6.07 Å². The molecule has 100 valence electrons. The third-order valence-corrected chi connectivity index (χ3v) is 2.45. The second kappa shape index (κ2) is 5.21. The predicted octanol–water partition coefficient (Wildman–Crippen LogP) is 3.06. The lowest BCUT2D eigenvalue weighted by molar-refractivity contribution is -0.141. The molecule has 0 aliphatic rings. The molecule has 0 aliphatic heterocycles.